The second-order valence-electron chi connectivity index (χ2n) is 7.41. The molecule has 3 atom stereocenters. The van der Waals surface area contributed by atoms with Crippen LogP contribution < -0.4 is 5.32 Å². The third kappa shape index (κ3) is 3.80. The summed E-state index contributed by atoms with van der Waals surface area (Å²) in [6, 6.07) is 2.06. The quantitative estimate of drug-likeness (QED) is 0.841. The van der Waals surface area contributed by atoms with Gasteiger partial charge in [0.1, 0.15) is 0 Å². The molecule has 2 fully saturated rings. The standard InChI is InChI=1S/C18H36N2O/c1-6-15-13-20(17(12-19-15)14(4)5)16-9-10-21-18(7-2,8-3)11-16/h14-17,19H,6-13H2,1-5H3. The lowest BCUT2D eigenvalue weighted by molar-refractivity contribution is -0.121. The number of rotatable bonds is 5. The van der Waals surface area contributed by atoms with Crippen molar-refractivity contribution in [2.45, 2.75) is 90.4 Å². The number of nitrogens with zero attached hydrogens (tertiary/aromatic N) is 1. The van der Waals surface area contributed by atoms with Gasteiger partial charge in [0.2, 0.25) is 0 Å². The summed E-state index contributed by atoms with van der Waals surface area (Å²) in [4.78, 5) is 2.83. The van der Waals surface area contributed by atoms with Crippen LogP contribution in [0.4, 0.5) is 0 Å². The summed E-state index contributed by atoms with van der Waals surface area (Å²) in [5, 5.41) is 3.75. The molecule has 0 radical (unpaired) electrons. The zero-order valence-electron chi connectivity index (χ0n) is 14.8. The Labute approximate surface area is 131 Å². The van der Waals surface area contributed by atoms with E-state index in [1.807, 2.05) is 0 Å². The fourth-order valence-corrected chi connectivity index (χ4v) is 4.20. The Hall–Kier alpha value is -0.120. The van der Waals surface area contributed by atoms with Crippen LogP contribution in [0.15, 0.2) is 0 Å². The molecule has 21 heavy (non-hydrogen) atoms. The Morgan fingerprint density at radius 3 is 2.52 bits per heavy atom. The summed E-state index contributed by atoms with van der Waals surface area (Å²) < 4.78 is 6.19. The first-order valence-corrected chi connectivity index (χ1v) is 9.18. The lowest BCUT2D eigenvalue weighted by Crippen LogP contribution is -2.63. The molecular weight excluding hydrogens is 260 g/mol. The second-order valence-corrected chi connectivity index (χ2v) is 7.41. The molecule has 0 aromatic rings. The van der Waals surface area contributed by atoms with Crippen molar-refractivity contribution in [1.29, 1.82) is 0 Å². The molecule has 3 heteroatoms. The highest BCUT2D eigenvalue weighted by molar-refractivity contribution is 4.96. The van der Waals surface area contributed by atoms with Crippen molar-refractivity contribution in [3.63, 3.8) is 0 Å². The SMILES string of the molecule is CCC1CN(C2CCOC(CC)(CC)C2)C(C(C)C)CN1. The number of piperazine rings is 1. The maximum Gasteiger partial charge on any atom is 0.0692 e. The van der Waals surface area contributed by atoms with Gasteiger partial charge in [-0.2, -0.15) is 0 Å². The molecule has 2 saturated heterocycles. The number of hydrogen-bond donors (Lipinski definition) is 1. The van der Waals surface area contributed by atoms with E-state index in [0.29, 0.717) is 18.1 Å². The maximum absolute atomic E-state index is 6.19. The Morgan fingerprint density at radius 1 is 1.24 bits per heavy atom. The monoisotopic (exact) mass is 296 g/mol. The van der Waals surface area contributed by atoms with Crippen LogP contribution in [-0.2, 0) is 4.74 Å². The van der Waals surface area contributed by atoms with Gasteiger partial charge in [-0.25, -0.2) is 0 Å². The average Bonchev–Trinajstić information content (AvgIpc) is 2.54. The summed E-state index contributed by atoms with van der Waals surface area (Å²) in [5.41, 5.74) is 0.136. The zero-order chi connectivity index (χ0) is 15.5. The zero-order valence-corrected chi connectivity index (χ0v) is 14.8. The van der Waals surface area contributed by atoms with E-state index in [0.717, 1.165) is 31.9 Å². The summed E-state index contributed by atoms with van der Waals surface area (Å²) >= 11 is 0. The van der Waals surface area contributed by atoms with Gasteiger partial charge in [0.05, 0.1) is 5.60 Å². The van der Waals surface area contributed by atoms with Gasteiger partial charge in [0, 0.05) is 37.8 Å². The van der Waals surface area contributed by atoms with Crippen molar-refractivity contribution in [1.82, 2.24) is 10.2 Å². The van der Waals surface area contributed by atoms with Crippen molar-refractivity contribution in [2.24, 2.45) is 5.92 Å². The van der Waals surface area contributed by atoms with Crippen LogP contribution in [-0.4, -0.2) is 48.3 Å². The molecule has 0 aromatic heterocycles. The highest BCUT2D eigenvalue weighted by Gasteiger charge is 2.41. The Balaban J connectivity index is 2.11. The van der Waals surface area contributed by atoms with Crippen molar-refractivity contribution in [2.75, 3.05) is 19.7 Å². The van der Waals surface area contributed by atoms with E-state index in [1.165, 1.54) is 25.8 Å². The van der Waals surface area contributed by atoms with Crippen LogP contribution in [0.3, 0.4) is 0 Å². The molecule has 3 nitrogen and oxygen atoms in total. The third-order valence-electron chi connectivity index (χ3n) is 5.96. The molecule has 3 unspecified atom stereocenters. The first-order chi connectivity index (χ1) is 10.0. The van der Waals surface area contributed by atoms with Crippen LogP contribution in [0.5, 0.6) is 0 Å². The van der Waals surface area contributed by atoms with E-state index in [2.05, 4.69) is 44.8 Å². The fourth-order valence-electron chi connectivity index (χ4n) is 4.20. The lowest BCUT2D eigenvalue weighted by Gasteiger charge is -2.51. The van der Waals surface area contributed by atoms with Gasteiger partial charge in [-0.3, -0.25) is 4.90 Å². The predicted octanol–water partition coefficient (Wildman–Crippen LogP) is 3.43. The Kier molecular flexibility index (Phi) is 6.10. The van der Waals surface area contributed by atoms with Gasteiger partial charge < -0.3 is 10.1 Å². The van der Waals surface area contributed by atoms with Crippen LogP contribution in [0, 0.1) is 5.92 Å². The van der Waals surface area contributed by atoms with Gasteiger partial charge >= 0.3 is 0 Å². The summed E-state index contributed by atoms with van der Waals surface area (Å²) in [5.74, 6) is 0.718. The molecule has 2 aliphatic heterocycles. The molecular formula is C18H36N2O. The van der Waals surface area contributed by atoms with E-state index in [-0.39, 0.29) is 5.60 Å². The Bertz CT molecular complexity index is 314. The minimum absolute atomic E-state index is 0.136. The van der Waals surface area contributed by atoms with E-state index in [9.17, 15) is 0 Å². The molecule has 2 heterocycles. The normalized spacial score (nSPS) is 34.3. The van der Waals surface area contributed by atoms with Gasteiger partial charge in [-0.05, 0) is 38.0 Å². The van der Waals surface area contributed by atoms with Crippen LogP contribution >= 0.6 is 0 Å². The van der Waals surface area contributed by atoms with E-state index >= 15 is 0 Å². The van der Waals surface area contributed by atoms with Crippen molar-refractivity contribution in [3.8, 4) is 0 Å². The van der Waals surface area contributed by atoms with Crippen molar-refractivity contribution in [3.05, 3.63) is 0 Å². The summed E-state index contributed by atoms with van der Waals surface area (Å²) in [6.45, 7) is 14.9. The first-order valence-electron chi connectivity index (χ1n) is 9.18. The number of ether oxygens (including phenoxy) is 1. The van der Waals surface area contributed by atoms with E-state index in [1.54, 1.807) is 0 Å². The highest BCUT2D eigenvalue weighted by atomic mass is 16.5. The molecule has 1 N–H and O–H groups in total. The molecule has 2 aliphatic rings. The fraction of sp³-hybridized carbons (Fsp3) is 1.00. The highest BCUT2D eigenvalue weighted by Crippen LogP contribution is 2.35. The van der Waals surface area contributed by atoms with Crippen LogP contribution in [0.1, 0.15) is 66.7 Å². The van der Waals surface area contributed by atoms with Crippen molar-refractivity contribution >= 4 is 0 Å². The first kappa shape index (κ1) is 17.2. The van der Waals surface area contributed by atoms with E-state index < -0.39 is 0 Å². The van der Waals surface area contributed by atoms with Gasteiger partial charge in [-0.1, -0.05) is 34.6 Å². The summed E-state index contributed by atoms with van der Waals surface area (Å²) in [6.07, 6.45) is 5.96. The topological polar surface area (TPSA) is 24.5 Å². The number of nitrogens with one attached hydrogen (secondary N) is 1. The average molecular weight is 296 g/mol. The van der Waals surface area contributed by atoms with Gasteiger partial charge in [0.25, 0.3) is 0 Å². The molecule has 124 valence electrons. The molecule has 0 aliphatic carbocycles. The lowest BCUT2D eigenvalue weighted by atomic mass is 9.83. The minimum Gasteiger partial charge on any atom is -0.375 e. The summed E-state index contributed by atoms with van der Waals surface area (Å²) in [7, 11) is 0. The third-order valence-corrected chi connectivity index (χ3v) is 5.96. The maximum atomic E-state index is 6.19. The molecule has 0 bridgehead atoms. The van der Waals surface area contributed by atoms with Crippen LogP contribution in [0.2, 0.25) is 0 Å². The second kappa shape index (κ2) is 7.43. The Morgan fingerprint density at radius 2 is 1.95 bits per heavy atom. The smallest absolute Gasteiger partial charge is 0.0692 e. The van der Waals surface area contributed by atoms with Crippen molar-refractivity contribution < 1.29 is 4.74 Å². The van der Waals surface area contributed by atoms with Crippen LogP contribution in [0.25, 0.3) is 0 Å². The predicted molar refractivity (Wildman–Crippen MR) is 89.7 cm³/mol. The van der Waals surface area contributed by atoms with Gasteiger partial charge in [-0.15, -0.1) is 0 Å². The largest absolute Gasteiger partial charge is 0.375 e. The minimum atomic E-state index is 0.136. The van der Waals surface area contributed by atoms with E-state index in [4.69, 9.17) is 4.74 Å². The molecule has 0 amide bonds. The molecule has 0 spiro atoms. The van der Waals surface area contributed by atoms with Gasteiger partial charge in [0.15, 0.2) is 0 Å². The molecule has 2 rings (SSSR count). The molecule has 0 saturated carbocycles. The molecule has 0 aromatic carbocycles. The number of hydrogen-bond acceptors (Lipinski definition) is 3.